The quantitative estimate of drug-likeness (QED) is 0.606. The molecule has 1 aliphatic rings. The number of aromatic carboxylic acids is 1. The minimum Gasteiger partial charge on any atom is -0.477 e. The summed E-state index contributed by atoms with van der Waals surface area (Å²) in [4.78, 5) is 23.6. The van der Waals surface area contributed by atoms with E-state index in [1.165, 1.54) is 16.4 Å². The van der Waals surface area contributed by atoms with Crippen molar-refractivity contribution in [2.75, 3.05) is 0 Å². The zero-order valence-electron chi connectivity index (χ0n) is 13.9. The molecule has 0 bridgehead atoms. The third kappa shape index (κ3) is 2.87. The summed E-state index contributed by atoms with van der Waals surface area (Å²) in [6.07, 6.45) is 4.86. The molecule has 2 N–H and O–H groups in total. The molecule has 0 saturated heterocycles. The van der Waals surface area contributed by atoms with E-state index in [-0.39, 0.29) is 16.9 Å². The van der Waals surface area contributed by atoms with Gasteiger partial charge in [-0.15, -0.1) is 0 Å². The Hall–Kier alpha value is -3.48. The molecule has 25 heavy (non-hydrogen) atoms. The van der Waals surface area contributed by atoms with Gasteiger partial charge in [-0.3, -0.25) is 10.2 Å². The Kier molecular flexibility index (Phi) is 4.06. The zero-order valence-corrected chi connectivity index (χ0v) is 13.9. The van der Waals surface area contributed by atoms with Gasteiger partial charge in [0.2, 0.25) is 5.35 Å². The van der Waals surface area contributed by atoms with E-state index >= 15 is 0 Å². The highest BCUT2D eigenvalue weighted by molar-refractivity contribution is 6.08. The topological polar surface area (TPSA) is 89.6 Å². The SMILES string of the molecule is C=[n+]1c(C)c(C(=O)O)cc2c1=C(NN=c1ccccn1C)C=CC2=O. The molecule has 7 heteroatoms. The molecule has 0 unspecified atom stereocenters. The van der Waals surface area contributed by atoms with Crippen molar-refractivity contribution in [2.45, 2.75) is 6.92 Å². The first-order chi connectivity index (χ1) is 11.9. The molecule has 0 fully saturated rings. The van der Waals surface area contributed by atoms with Crippen molar-refractivity contribution in [1.29, 1.82) is 0 Å². The first-order valence-corrected chi connectivity index (χ1v) is 7.55. The number of ketones is 1. The number of carbonyl (C=O) groups is 2. The second kappa shape index (κ2) is 6.20. The van der Waals surface area contributed by atoms with Crippen LogP contribution in [0.4, 0.5) is 0 Å². The van der Waals surface area contributed by atoms with Gasteiger partial charge in [0.15, 0.2) is 17.0 Å². The fourth-order valence-electron chi connectivity index (χ4n) is 2.64. The summed E-state index contributed by atoms with van der Waals surface area (Å²) in [5, 5.41) is 14.1. The summed E-state index contributed by atoms with van der Waals surface area (Å²) in [6, 6.07) is 6.97. The van der Waals surface area contributed by atoms with Gasteiger partial charge in [0.05, 0.1) is 5.56 Å². The highest BCUT2D eigenvalue weighted by Gasteiger charge is 2.25. The lowest BCUT2D eigenvalue weighted by Gasteiger charge is -2.08. The van der Waals surface area contributed by atoms with Gasteiger partial charge >= 0.3 is 5.97 Å². The molecule has 2 aromatic heterocycles. The first-order valence-electron chi connectivity index (χ1n) is 7.55. The fourth-order valence-corrected chi connectivity index (χ4v) is 2.64. The van der Waals surface area contributed by atoms with Crippen molar-refractivity contribution in [3.05, 3.63) is 77.0 Å². The number of carboxylic acids is 1. The number of carbonyl (C=O) groups excluding carboxylic acids is 1. The van der Waals surface area contributed by atoms with Crippen molar-refractivity contribution in [1.82, 2.24) is 9.99 Å². The summed E-state index contributed by atoms with van der Waals surface area (Å²) < 4.78 is 3.28. The monoisotopic (exact) mass is 337 g/mol. The van der Waals surface area contributed by atoms with Crippen LogP contribution in [0.3, 0.4) is 0 Å². The Labute approximate surface area is 143 Å². The average molecular weight is 337 g/mol. The number of hydrogen-bond donors (Lipinski definition) is 2. The summed E-state index contributed by atoms with van der Waals surface area (Å²) in [5.41, 5.74) is 4.96. The van der Waals surface area contributed by atoms with E-state index in [0.717, 1.165) is 0 Å². The van der Waals surface area contributed by atoms with Gasteiger partial charge in [-0.1, -0.05) is 6.07 Å². The molecule has 7 nitrogen and oxygen atoms in total. The number of rotatable bonds is 3. The van der Waals surface area contributed by atoms with Gasteiger partial charge in [-0.2, -0.15) is 9.34 Å². The van der Waals surface area contributed by atoms with Crippen LogP contribution in [-0.4, -0.2) is 21.4 Å². The van der Waals surface area contributed by atoms with Crippen LogP contribution in [-0.2, 0) is 7.05 Å². The van der Waals surface area contributed by atoms with Gasteiger partial charge in [-0.25, -0.2) is 4.79 Å². The van der Waals surface area contributed by atoms with E-state index in [2.05, 4.69) is 17.2 Å². The van der Waals surface area contributed by atoms with Crippen LogP contribution >= 0.6 is 0 Å². The Morgan fingerprint density at radius 3 is 2.80 bits per heavy atom. The number of carboxylic acid groups (broad SMARTS) is 1. The van der Waals surface area contributed by atoms with Crippen molar-refractivity contribution in [2.24, 2.45) is 12.1 Å². The Morgan fingerprint density at radius 2 is 2.12 bits per heavy atom. The summed E-state index contributed by atoms with van der Waals surface area (Å²) in [5.74, 6) is -1.37. The number of aryl methyl sites for hydroxylation is 1. The zero-order chi connectivity index (χ0) is 18.1. The van der Waals surface area contributed by atoms with Gasteiger partial charge in [-0.05, 0) is 30.4 Å². The van der Waals surface area contributed by atoms with Crippen LogP contribution in [0.25, 0.3) is 5.70 Å². The first kappa shape index (κ1) is 16.4. The van der Waals surface area contributed by atoms with Gasteiger partial charge in [0, 0.05) is 20.2 Å². The Morgan fingerprint density at radius 1 is 1.36 bits per heavy atom. The molecule has 1 aliphatic carbocycles. The fraction of sp³-hybridized carbons (Fsp3) is 0.111. The number of allylic oxidation sites excluding steroid dienone is 1. The average Bonchev–Trinajstić information content (AvgIpc) is 2.58. The van der Waals surface area contributed by atoms with Crippen molar-refractivity contribution in [3.8, 4) is 0 Å². The molecule has 0 atom stereocenters. The number of fused-ring (bicyclic) bond motifs is 1. The maximum Gasteiger partial charge on any atom is 0.342 e. The van der Waals surface area contributed by atoms with Crippen LogP contribution in [0.2, 0.25) is 0 Å². The Balaban J connectivity index is 2.25. The highest BCUT2D eigenvalue weighted by Crippen LogP contribution is 2.09. The van der Waals surface area contributed by atoms with Gasteiger partial charge < -0.3 is 9.67 Å². The molecule has 0 saturated carbocycles. The number of nitrogens with zero attached hydrogens (tertiary/aromatic N) is 3. The van der Waals surface area contributed by atoms with Gasteiger partial charge in [0.1, 0.15) is 18.0 Å². The predicted octanol–water partition coefficient (Wildman–Crippen LogP) is -0.0749. The third-order valence-corrected chi connectivity index (χ3v) is 4.08. The summed E-state index contributed by atoms with van der Waals surface area (Å²) >= 11 is 0. The molecule has 2 aromatic rings. The normalized spacial score (nSPS) is 13.8. The van der Waals surface area contributed by atoms with Crippen molar-refractivity contribution in [3.63, 3.8) is 0 Å². The molecule has 0 aliphatic heterocycles. The van der Waals surface area contributed by atoms with E-state index in [9.17, 15) is 14.7 Å². The molecular formula is C18H17N4O3+. The van der Waals surface area contributed by atoms with E-state index in [1.54, 1.807) is 13.0 Å². The van der Waals surface area contributed by atoms with Crippen molar-refractivity contribution >= 4 is 17.4 Å². The van der Waals surface area contributed by atoms with Crippen LogP contribution in [0.15, 0.2) is 47.7 Å². The lowest BCUT2D eigenvalue weighted by molar-refractivity contribution is -0.522. The highest BCUT2D eigenvalue weighted by atomic mass is 16.4. The van der Waals surface area contributed by atoms with Gasteiger partial charge in [0.25, 0.3) is 0 Å². The number of nitrogens with one attached hydrogen (secondary N) is 1. The number of pyridine rings is 2. The minimum atomic E-state index is -1.10. The molecule has 0 amide bonds. The smallest absolute Gasteiger partial charge is 0.342 e. The van der Waals surface area contributed by atoms with Crippen molar-refractivity contribution < 1.29 is 18.9 Å². The third-order valence-electron chi connectivity index (χ3n) is 4.08. The summed E-state index contributed by atoms with van der Waals surface area (Å²) in [7, 11) is 1.87. The molecule has 2 heterocycles. The second-order valence-corrected chi connectivity index (χ2v) is 5.64. The van der Waals surface area contributed by atoms with Crippen LogP contribution in [0.5, 0.6) is 0 Å². The van der Waals surface area contributed by atoms with E-state index in [1.807, 2.05) is 36.0 Å². The molecule has 0 radical (unpaired) electrons. The maximum atomic E-state index is 12.2. The van der Waals surface area contributed by atoms with Crippen LogP contribution in [0, 0.1) is 13.6 Å². The maximum absolute atomic E-state index is 12.2. The lowest BCUT2D eigenvalue weighted by atomic mass is 10.0. The van der Waals surface area contributed by atoms with E-state index < -0.39 is 5.97 Å². The number of hydrogen-bond acceptors (Lipinski definition) is 4. The van der Waals surface area contributed by atoms with E-state index in [0.29, 0.717) is 22.2 Å². The Bertz CT molecular complexity index is 1110. The second-order valence-electron chi connectivity index (χ2n) is 5.64. The van der Waals surface area contributed by atoms with E-state index in [4.69, 9.17) is 0 Å². The molecule has 3 rings (SSSR count). The minimum absolute atomic E-state index is 0.0446. The molecule has 0 aromatic carbocycles. The van der Waals surface area contributed by atoms with Crippen LogP contribution in [0.1, 0.15) is 26.4 Å². The molecule has 126 valence electrons. The molecule has 0 spiro atoms. The largest absolute Gasteiger partial charge is 0.477 e. The summed E-state index contributed by atoms with van der Waals surface area (Å²) in [6.45, 7) is 5.54. The van der Waals surface area contributed by atoms with Crippen LogP contribution < -0.4 is 20.5 Å². The molecular weight excluding hydrogens is 320 g/mol. The lowest BCUT2D eigenvalue weighted by Crippen LogP contribution is -2.47. The predicted molar refractivity (Wildman–Crippen MR) is 89.7 cm³/mol. The number of aromatic nitrogens is 2. The standard InChI is InChI=1S/C18H16N4O3/c1-11-12(18(24)25)10-13-15(23)8-7-14(17(13)22(11)3)19-20-16-6-4-5-9-21(16)2/h4-10,19H,3H2,1-2H3/p+1.